The molecule has 4 heteroatoms. The quantitative estimate of drug-likeness (QED) is 0.354. The molecule has 1 atom stereocenters. The Morgan fingerprint density at radius 3 is 1.60 bits per heavy atom. The maximum Gasteiger partial charge on any atom is 0.265 e. The Bertz CT molecular complexity index is 299. The Balaban J connectivity index is 3.20. The zero-order valence-corrected chi connectivity index (χ0v) is 14.3. The van der Waals surface area contributed by atoms with Crippen LogP contribution in [0.25, 0.3) is 0 Å². The third kappa shape index (κ3) is 16.0. The van der Waals surface area contributed by atoms with E-state index in [0.717, 1.165) is 12.8 Å². The van der Waals surface area contributed by atoms with Crippen LogP contribution in [0.4, 0.5) is 0 Å². The molecule has 1 N–H and O–H groups in total. The molecule has 0 amide bonds. The van der Waals surface area contributed by atoms with Crippen LogP contribution in [-0.2, 0) is 10.1 Å². The zero-order chi connectivity index (χ0) is 15.3. The summed E-state index contributed by atoms with van der Waals surface area (Å²) in [6, 6.07) is 0. The van der Waals surface area contributed by atoms with Crippen LogP contribution in [0.2, 0.25) is 0 Å². The fourth-order valence-electron chi connectivity index (χ4n) is 2.60. The lowest BCUT2D eigenvalue weighted by Crippen LogP contribution is -2.12. The fraction of sp³-hybridized carbons (Fsp3) is 1.00. The number of rotatable bonds is 14. The lowest BCUT2D eigenvalue weighted by atomic mass is 10.0. The van der Waals surface area contributed by atoms with Crippen molar-refractivity contribution in [3.8, 4) is 0 Å². The van der Waals surface area contributed by atoms with Crippen LogP contribution in [0.15, 0.2) is 0 Å². The van der Waals surface area contributed by atoms with Gasteiger partial charge >= 0.3 is 0 Å². The highest BCUT2D eigenvalue weighted by Gasteiger charge is 2.11. The van der Waals surface area contributed by atoms with Crippen molar-refractivity contribution in [2.45, 2.75) is 90.9 Å². The van der Waals surface area contributed by atoms with Gasteiger partial charge in [-0.15, -0.1) is 0 Å². The van der Waals surface area contributed by atoms with Crippen molar-refractivity contribution in [3.05, 3.63) is 0 Å². The second kappa shape index (κ2) is 12.6. The molecule has 0 spiro atoms. The van der Waals surface area contributed by atoms with Gasteiger partial charge in [0.15, 0.2) is 0 Å². The van der Waals surface area contributed by atoms with E-state index in [4.69, 9.17) is 4.55 Å². The van der Waals surface area contributed by atoms with Crippen LogP contribution in [0, 0.1) is 5.92 Å². The van der Waals surface area contributed by atoms with Crippen molar-refractivity contribution < 1.29 is 13.0 Å². The first-order chi connectivity index (χ1) is 9.45. The molecule has 122 valence electrons. The Morgan fingerprint density at radius 1 is 0.800 bits per heavy atom. The second-order valence-electron chi connectivity index (χ2n) is 6.18. The van der Waals surface area contributed by atoms with Gasteiger partial charge in [0.2, 0.25) is 0 Å². The van der Waals surface area contributed by atoms with Gasteiger partial charge in [-0.2, -0.15) is 8.42 Å². The molecule has 0 aromatic heterocycles. The van der Waals surface area contributed by atoms with Crippen LogP contribution in [0.5, 0.6) is 0 Å². The maximum atomic E-state index is 10.7. The van der Waals surface area contributed by atoms with Crippen LogP contribution in [0.1, 0.15) is 90.9 Å². The molecular formula is C16H34O3S. The molecule has 0 rings (SSSR count). The first-order valence-electron chi connectivity index (χ1n) is 8.41. The van der Waals surface area contributed by atoms with Crippen molar-refractivity contribution >= 4 is 10.1 Å². The summed E-state index contributed by atoms with van der Waals surface area (Å²) in [4.78, 5) is 0. The summed E-state index contributed by atoms with van der Waals surface area (Å²) >= 11 is 0. The monoisotopic (exact) mass is 306 g/mol. The van der Waals surface area contributed by atoms with E-state index in [9.17, 15) is 8.42 Å². The van der Waals surface area contributed by atoms with Gasteiger partial charge in [-0.05, 0) is 12.3 Å². The topological polar surface area (TPSA) is 54.4 Å². The SMILES string of the molecule is CCCCCCCCCCCCCC(C)CS(=O)(=O)O. The molecular weight excluding hydrogens is 272 g/mol. The van der Waals surface area contributed by atoms with Crippen LogP contribution >= 0.6 is 0 Å². The molecule has 0 aliphatic carbocycles. The second-order valence-corrected chi connectivity index (χ2v) is 7.68. The number of hydrogen-bond acceptors (Lipinski definition) is 2. The van der Waals surface area contributed by atoms with Gasteiger partial charge in [-0.3, -0.25) is 4.55 Å². The van der Waals surface area contributed by atoms with Gasteiger partial charge in [-0.1, -0.05) is 84.5 Å². The van der Waals surface area contributed by atoms with Crippen molar-refractivity contribution in [2.24, 2.45) is 5.92 Å². The molecule has 0 aliphatic heterocycles. The third-order valence-corrected chi connectivity index (χ3v) is 4.79. The Kier molecular flexibility index (Phi) is 12.6. The van der Waals surface area contributed by atoms with Gasteiger partial charge in [0.1, 0.15) is 0 Å². The van der Waals surface area contributed by atoms with Crippen molar-refractivity contribution in [1.29, 1.82) is 0 Å². The summed E-state index contributed by atoms with van der Waals surface area (Å²) in [6.07, 6.45) is 15.3. The average Bonchev–Trinajstić information content (AvgIpc) is 2.34. The summed E-state index contributed by atoms with van der Waals surface area (Å²) in [5, 5.41) is 0. The average molecular weight is 307 g/mol. The highest BCUT2D eigenvalue weighted by molar-refractivity contribution is 7.85. The number of unbranched alkanes of at least 4 members (excludes halogenated alkanes) is 10. The molecule has 3 nitrogen and oxygen atoms in total. The lowest BCUT2D eigenvalue weighted by Gasteiger charge is -2.08. The van der Waals surface area contributed by atoms with Gasteiger partial charge < -0.3 is 0 Å². The van der Waals surface area contributed by atoms with Crippen LogP contribution < -0.4 is 0 Å². The highest BCUT2D eigenvalue weighted by atomic mass is 32.2. The predicted molar refractivity (Wildman–Crippen MR) is 86.7 cm³/mol. The Hall–Kier alpha value is -0.0900. The van der Waals surface area contributed by atoms with E-state index in [1.807, 2.05) is 6.92 Å². The van der Waals surface area contributed by atoms with Crippen molar-refractivity contribution in [3.63, 3.8) is 0 Å². The van der Waals surface area contributed by atoms with E-state index >= 15 is 0 Å². The van der Waals surface area contributed by atoms with Crippen LogP contribution in [0.3, 0.4) is 0 Å². The Morgan fingerprint density at radius 2 is 1.20 bits per heavy atom. The minimum atomic E-state index is -3.79. The van der Waals surface area contributed by atoms with E-state index in [0.29, 0.717) is 0 Å². The number of hydrogen-bond donors (Lipinski definition) is 1. The summed E-state index contributed by atoms with van der Waals surface area (Å²) in [5.41, 5.74) is 0. The maximum absolute atomic E-state index is 10.7. The minimum absolute atomic E-state index is 0.0727. The van der Waals surface area contributed by atoms with Gasteiger partial charge in [0.05, 0.1) is 5.75 Å². The molecule has 0 aliphatic rings. The summed E-state index contributed by atoms with van der Waals surface area (Å²) in [5.74, 6) is -0.0198. The molecule has 0 radical (unpaired) electrons. The summed E-state index contributed by atoms with van der Waals surface area (Å²) in [6.45, 7) is 4.14. The van der Waals surface area contributed by atoms with Crippen molar-refractivity contribution in [2.75, 3.05) is 5.75 Å². The highest BCUT2D eigenvalue weighted by Crippen LogP contribution is 2.14. The van der Waals surface area contributed by atoms with Crippen molar-refractivity contribution in [1.82, 2.24) is 0 Å². The van der Waals surface area contributed by atoms with E-state index < -0.39 is 10.1 Å². The molecule has 0 saturated heterocycles. The lowest BCUT2D eigenvalue weighted by molar-refractivity contribution is 0.454. The standard InChI is InChI=1S/C16H34O3S/c1-3-4-5-6-7-8-9-10-11-12-13-14-16(2)15-20(17,18)19/h16H,3-15H2,1-2H3,(H,17,18,19). The molecule has 20 heavy (non-hydrogen) atoms. The molecule has 0 fully saturated rings. The first-order valence-corrected chi connectivity index (χ1v) is 10.0. The Labute approximate surface area is 126 Å². The minimum Gasteiger partial charge on any atom is -0.286 e. The zero-order valence-electron chi connectivity index (χ0n) is 13.4. The molecule has 0 aromatic carbocycles. The molecule has 0 aromatic rings. The van der Waals surface area contributed by atoms with E-state index in [1.165, 1.54) is 64.2 Å². The van der Waals surface area contributed by atoms with Gasteiger partial charge in [-0.25, -0.2) is 0 Å². The van der Waals surface area contributed by atoms with Gasteiger partial charge in [0.25, 0.3) is 10.1 Å². The summed E-state index contributed by atoms with van der Waals surface area (Å²) in [7, 11) is -3.79. The molecule has 1 unspecified atom stereocenters. The third-order valence-electron chi connectivity index (χ3n) is 3.80. The fourth-order valence-corrected chi connectivity index (χ4v) is 3.49. The smallest absolute Gasteiger partial charge is 0.265 e. The van der Waals surface area contributed by atoms with Crippen LogP contribution in [-0.4, -0.2) is 18.7 Å². The van der Waals surface area contributed by atoms with E-state index in [1.54, 1.807) is 0 Å². The first kappa shape index (κ1) is 19.9. The summed E-state index contributed by atoms with van der Waals surface area (Å²) < 4.78 is 30.1. The molecule has 0 heterocycles. The van der Waals surface area contributed by atoms with E-state index in [2.05, 4.69) is 6.92 Å². The van der Waals surface area contributed by atoms with E-state index in [-0.39, 0.29) is 11.7 Å². The predicted octanol–water partition coefficient (Wildman–Crippen LogP) is 5.21. The van der Waals surface area contributed by atoms with Gasteiger partial charge in [0, 0.05) is 0 Å². The normalized spacial score (nSPS) is 13.6. The molecule has 0 saturated carbocycles. The molecule has 0 bridgehead atoms. The largest absolute Gasteiger partial charge is 0.286 e.